The van der Waals surface area contributed by atoms with Crippen LogP contribution in [0.15, 0.2) is 12.7 Å². The van der Waals surface area contributed by atoms with Crippen LogP contribution in [0.2, 0.25) is 0 Å². The summed E-state index contributed by atoms with van der Waals surface area (Å²) in [4.78, 5) is 23.0. The van der Waals surface area contributed by atoms with Gasteiger partial charge in [0.25, 0.3) is 0 Å². The van der Waals surface area contributed by atoms with Gasteiger partial charge >= 0.3 is 11.9 Å². The first-order valence-corrected chi connectivity index (χ1v) is 9.66. The Labute approximate surface area is 162 Å². The van der Waals surface area contributed by atoms with E-state index in [1.807, 2.05) is 20.8 Å². The summed E-state index contributed by atoms with van der Waals surface area (Å²) >= 11 is 0. The van der Waals surface area contributed by atoms with Crippen LogP contribution in [-0.4, -0.2) is 56.4 Å². The molecule has 0 aromatic carbocycles. The monoisotopic (exact) mass is 386 g/mol. The molecule has 0 bridgehead atoms. The van der Waals surface area contributed by atoms with Crippen LogP contribution in [0, 0.1) is 0 Å². The Kier molecular flexibility index (Phi) is 10.6. The normalized spacial score (nSPS) is 24.7. The predicted octanol–water partition coefficient (Wildman–Crippen LogP) is 3.15. The zero-order chi connectivity index (χ0) is 20.3. The van der Waals surface area contributed by atoms with E-state index in [1.165, 1.54) is 0 Å². The fraction of sp³-hybridized carbons (Fsp3) is 0.800. The van der Waals surface area contributed by atoms with Crippen LogP contribution in [0.1, 0.15) is 59.3 Å². The largest absolute Gasteiger partial charge is 0.463 e. The van der Waals surface area contributed by atoms with Gasteiger partial charge in [0.2, 0.25) is 0 Å². The molecular formula is C20H34O7. The molecule has 7 heteroatoms. The molecule has 1 aliphatic heterocycles. The quantitative estimate of drug-likeness (QED) is 0.221. The molecule has 0 amide bonds. The number of hydrogen-bond acceptors (Lipinski definition) is 7. The number of methoxy groups -OCH3 is 1. The summed E-state index contributed by atoms with van der Waals surface area (Å²) in [6.45, 7) is 9.78. The molecule has 1 fully saturated rings. The third-order valence-corrected chi connectivity index (χ3v) is 4.53. The second kappa shape index (κ2) is 12.1. The van der Waals surface area contributed by atoms with Gasteiger partial charge in [0.05, 0.1) is 19.3 Å². The van der Waals surface area contributed by atoms with Crippen molar-refractivity contribution in [3.8, 4) is 0 Å². The van der Waals surface area contributed by atoms with Gasteiger partial charge in [0.1, 0.15) is 12.2 Å². The number of hydrogen-bond donors (Lipinski definition) is 0. The Morgan fingerprint density at radius 1 is 1.30 bits per heavy atom. The van der Waals surface area contributed by atoms with Crippen molar-refractivity contribution in [3.05, 3.63) is 12.7 Å². The number of esters is 2. The van der Waals surface area contributed by atoms with Crippen molar-refractivity contribution >= 4 is 11.9 Å². The maximum atomic E-state index is 11.9. The van der Waals surface area contributed by atoms with E-state index >= 15 is 0 Å². The van der Waals surface area contributed by atoms with E-state index in [9.17, 15) is 9.59 Å². The highest BCUT2D eigenvalue weighted by atomic mass is 16.7. The minimum atomic E-state index is -0.841. The minimum absolute atomic E-state index is 0.0117. The first-order valence-electron chi connectivity index (χ1n) is 9.66. The van der Waals surface area contributed by atoms with Crippen LogP contribution in [-0.2, 0) is 33.3 Å². The van der Waals surface area contributed by atoms with Gasteiger partial charge in [-0.2, -0.15) is 0 Å². The highest BCUT2D eigenvalue weighted by Gasteiger charge is 2.38. The van der Waals surface area contributed by atoms with Gasteiger partial charge in [0, 0.05) is 32.4 Å². The average molecular weight is 386 g/mol. The number of rotatable bonds is 12. The zero-order valence-corrected chi connectivity index (χ0v) is 17.0. The van der Waals surface area contributed by atoms with Gasteiger partial charge in [0.15, 0.2) is 5.79 Å². The SMILES string of the molecule is C=CC(=O)OCCCCC(C)(OC)O[C@@H]1COC(C)C[C@@H]1OC(=O)CCC. The first kappa shape index (κ1) is 23.6. The Morgan fingerprint density at radius 2 is 2.04 bits per heavy atom. The Balaban J connectivity index is 2.55. The molecule has 0 aliphatic carbocycles. The van der Waals surface area contributed by atoms with Crippen molar-refractivity contribution in [2.75, 3.05) is 20.3 Å². The topological polar surface area (TPSA) is 80.3 Å². The number of unbranched alkanes of at least 4 members (excludes halogenated alkanes) is 1. The maximum Gasteiger partial charge on any atom is 0.330 e. The highest BCUT2D eigenvalue weighted by molar-refractivity contribution is 5.81. The lowest BCUT2D eigenvalue weighted by atomic mass is 10.0. The zero-order valence-electron chi connectivity index (χ0n) is 17.0. The lowest BCUT2D eigenvalue weighted by Crippen LogP contribution is -2.49. The van der Waals surface area contributed by atoms with Crippen molar-refractivity contribution in [1.29, 1.82) is 0 Å². The molecule has 1 rings (SSSR count). The minimum Gasteiger partial charge on any atom is -0.463 e. The molecule has 1 aliphatic rings. The van der Waals surface area contributed by atoms with Gasteiger partial charge in [-0.1, -0.05) is 13.5 Å². The molecule has 0 saturated carbocycles. The van der Waals surface area contributed by atoms with Crippen LogP contribution in [0.3, 0.4) is 0 Å². The molecule has 156 valence electrons. The van der Waals surface area contributed by atoms with Gasteiger partial charge in [-0.25, -0.2) is 4.79 Å². The van der Waals surface area contributed by atoms with Gasteiger partial charge < -0.3 is 23.7 Å². The van der Waals surface area contributed by atoms with Crippen LogP contribution in [0.5, 0.6) is 0 Å². The molecule has 4 atom stereocenters. The second-order valence-corrected chi connectivity index (χ2v) is 6.98. The summed E-state index contributed by atoms with van der Waals surface area (Å²) in [5.41, 5.74) is 0. The van der Waals surface area contributed by atoms with E-state index < -0.39 is 11.8 Å². The molecule has 0 radical (unpaired) electrons. The van der Waals surface area contributed by atoms with E-state index in [-0.39, 0.29) is 24.3 Å². The molecule has 1 heterocycles. The van der Waals surface area contributed by atoms with Gasteiger partial charge in [-0.3, -0.25) is 4.79 Å². The maximum absolute atomic E-state index is 11.9. The molecule has 0 spiro atoms. The Hall–Kier alpha value is -1.44. The predicted molar refractivity (Wildman–Crippen MR) is 100 cm³/mol. The average Bonchev–Trinajstić information content (AvgIpc) is 2.63. The molecular weight excluding hydrogens is 352 g/mol. The van der Waals surface area contributed by atoms with Crippen molar-refractivity contribution in [2.24, 2.45) is 0 Å². The molecule has 0 N–H and O–H groups in total. The third-order valence-electron chi connectivity index (χ3n) is 4.53. The smallest absolute Gasteiger partial charge is 0.330 e. The van der Waals surface area contributed by atoms with Crippen LogP contribution >= 0.6 is 0 Å². The van der Waals surface area contributed by atoms with Crippen molar-refractivity contribution in [1.82, 2.24) is 0 Å². The number of carbonyl (C=O) groups excluding carboxylic acids is 2. The summed E-state index contributed by atoms with van der Waals surface area (Å²) in [7, 11) is 1.59. The van der Waals surface area contributed by atoms with E-state index in [0.717, 1.165) is 18.9 Å². The van der Waals surface area contributed by atoms with Crippen LogP contribution < -0.4 is 0 Å². The first-order chi connectivity index (χ1) is 12.8. The molecule has 1 saturated heterocycles. The Bertz CT molecular complexity index is 479. The van der Waals surface area contributed by atoms with E-state index in [0.29, 0.717) is 38.9 Å². The second-order valence-electron chi connectivity index (χ2n) is 6.98. The van der Waals surface area contributed by atoms with Gasteiger partial charge in [-0.05, 0) is 33.1 Å². The standard InChI is InChI=1S/C20H34O7/c1-6-10-19(22)26-16-13-15(3)25-14-17(16)27-20(4,23-5)11-8-9-12-24-18(21)7-2/h7,15-17H,2,6,8-14H2,1,3-5H3/t15?,16-,17+,20?/m0/s1. The van der Waals surface area contributed by atoms with E-state index in [4.69, 9.17) is 23.7 Å². The van der Waals surface area contributed by atoms with Crippen molar-refractivity contribution in [3.63, 3.8) is 0 Å². The summed E-state index contributed by atoms with van der Waals surface area (Å²) in [6.07, 6.45) is 4.20. The highest BCUT2D eigenvalue weighted by Crippen LogP contribution is 2.28. The third kappa shape index (κ3) is 8.86. The van der Waals surface area contributed by atoms with E-state index in [2.05, 4.69) is 6.58 Å². The molecule has 2 unspecified atom stereocenters. The fourth-order valence-electron chi connectivity index (χ4n) is 2.89. The fourth-order valence-corrected chi connectivity index (χ4v) is 2.89. The van der Waals surface area contributed by atoms with Crippen molar-refractivity contribution in [2.45, 2.75) is 83.4 Å². The number of carbonyl (C=O) groups is 2. The molecule has 0 aromatic rings. The van der Waals surface area contributed by atoms with Gasteiger partial charge in [-0.15, -0.1) is 0 Å². The lowest BCUT2D eigenvalue weighted by Gasteiger charge is -2.39. The van der Waals surface area contributed by atoms with Crippen LogP contribution in [0.4, 0.5) is 0 Å². The molecule has 27 heavy (non-hydrogen) atoms. The van der Waals surface area contributed by atoms with E-state index in [1.54, 1.807) is 7.11 Å². The van der Waals surface area contributed by atoms with Crippen molar-refractivity contribution < 1.29 is 33.3 Å². The summed E-state index contributed by atoms with van der Waals surface area (Å²) < 4.78 is 28.0. The summed E-state index contributed by atoms with van der Waals surface area (Å²) in [5.74, 6) is -1.48. The van der Waals surface area contributed by atoms with Crippen LogP contribution in [0.25, 0.3) is 0 Å². The molecule has 0 aromatic heterocycles. The Morgan fingerprint density at radius 3 is 2.67 bits per heavy atom. The lowest BCUT2D eigenvalue weighted by molar-refractivity contribution is -0.278. The molecule has 7 nitrogen and oxygen atoms in total. The summed E-state index contributed by atoms with van der Waals surface area (Å²) in [6, 6.07) is 0. The number of ether oxygens (including phenoxy) is 5. The summed E-state index contributed by atoms with van der Waals surface area (Å²) in [5, 5.41) is 0.